The summed E-state index contributed by atoms with van der Waals surface area (Å²) in [6.45, 7) is 5.76. The standard InChI is InChI=1S/C16H21NO3/c1-11(2)8-15(18)17-10-14(16(19)20)9-13-6-4-12(3)5-7-13/h4-8,14H,9-10H2,1-3H3,(H,17,18)(H,19,20)/t14-/m1/s1. The number of amides is 1. The summed E-state index contributed by atoms with van der Waals surface area (Å²) in [6.07, 6.45) is 1.87. The molecule has 4 heteroatoms. The van der Waals surface area contributed by atoms with Crippen LogP contribution in [0.25, 0.3) is 0 Å². The zero-order chi connectivity index (χ0) is 15.1. The van der Waals surface area contributed by atoms with Crippen LogP contribution in [-0.4, -0.2) is 23.5 Å². The summed E-state index contributed by atoms with van der Waals surface area (Å²) in [5.41, 5.74) is 2.98. The molecule has 0 saturated heterocycles. The van der Waals surface area contributed by atoms with E-state index in [1.165, 1.54) is 6.08 Å². The van der Waals surface area contributed by atoms with Crippen LogP contribution >= 0.6 is 0 Å². The molecule has 2 N–H and O–H groups in total. The van der Waals surface area contributed by atoms with Gasteiger partial charge in [0.15, 0.2) is 0 Å². The van der Waals surface area contributed by atoms with E-state index in [-0.39, 0.29) is 12.5 Å². The highest BCUT2D eigenvalue weighted by atomic mass is 16.4. The number of aryl methyl sites for hydroxylation is 1. The molecule has 1 aromatic carbocycles. The number of hydrogen-bond acceptors (Lipinski definition) is 2. The van der Waals surface area contributed by atoms with Crippen LogP contribution in [0.2, 0.25) is 0 Å². The van der Waals surface area contributed by atoms with Gasteiger partial charge in [-0.25, -0.2) is 0 Å². The van der Waals surface area contributed by atoms with Crippen molar-refractivity contribution in [2.24, 2.45) is 5.92 Å². The summed E-state index contributed by atoms with van der Waals surface area (Å²) in [5, 5.41) is 11.8. The second kappa shape index (κ2) is 7.48. The van der Waals surface area contributed by atoms with Gasteiger partial charge in [-0.05, 0) is 32.8 Å². The summed E-state index contributed by atoms with van der Waals surface area (Å²) in [6, 6.07) is 7.75. The molecule has 0 aliphatic heterocycles. The number of carbonyl (C=O) groups excluding carboxylic acids is 1. The molecule has 1 aromatic rings. The predicted molar refractivity (Wildman–Crippen MR) is 78.4 cm³/mol. The first-order valence-electron chi connectivity index (χ1n) is 6.59. The summed E-state index contributed by atoms with van der Waals surface area (Å²) >= 11 is 0. The zero-order valence-corrected chi connectivity index (χ0v) is 12.1. The van der Waals surface area contributed by atoms with Gasteiger partial charge in [-0.1, -0.05) is 35.4 Å². The molecular weight excluding hydrogens is 254 g/mol. The molecule has 0 fully saturated rings. The molecule has 0 aliphatic rings. The Morgan fingerprint density at radius 2 is 1.85 bits per heavy atom. The minimum atomic E-state index is -0.900. The molecule has 4 nitrogen and oxygen atoms in total. The van der Waals surface area contributed by atoms with E-state index in [4.69, 9.17) is 0 Å². The molecule has 1 rings (SSSR count). The molecule has 0 aromatic heterocycles. The van der Waals surface area contributed by atoms with E-state index in [0.29, 0.717) is 6.42 Å². The van der Waals surface area contributed by atoms with Gasteiger partial charge in [0.2, 0.25) is 5.91 Å². The van der Waals surface area contributed by atoms with Gasteiger partial charge in [0.05, 0.1) is 5.92 Å². The van der Waals surface area contributed by atoms with Crippen LogP contribution < -0.4 is 5.32 Å². The minimum absolute atomic E-state index is 0.131. The molecule has 0 radical (unpaired) electrons. The normalized spacial score (nSPS) is 11.6. The van der Waals surface area contributed by atoms with Crippen molar-refractivity contribution in [2.45, 2.75) is 27.2 Å². The van der Waals surface area contributed by atoms with E-state index in [1.54, 1.807) is 0 Å². The average Bonchev–Trinajstić information content (AvgIpc) is 2.35. The van der Waals surface area contributed by atoms with Gasteiger partial charge in [-0.3, -0.25) is 9.59 Å². The molecule has 0 spiro atoms. The van der Waals surface area contributed by atoms with Crippen LogP contribution in [0.15, 0.2) is 35.9 Å². The molecule has 1 amide bonds. The van der Waals surface area contributed by atoms with Gasteiger partial charge in [-0.15, -0.1) is 0 Å². The van der Waals surface area contributed by atoms with Crippen molar-refractivity contribution >= 4 is 11.9 Å². The van der Waals surface area contributed by atoms with E-state index >= 15 is 0 Å². The van der Waals surface area contributed by atoms with Crippen molar-refractivity contribution < 1.29 is 14.7 Å². The average molecular weight is 275 g/mol. The van der Waals surface area contributed by atoms with Crippen molar-refractivity contribution in [1.82, 2.24) is 5.32 Å². The van der Waals surface area contributed by atoms with Crippen molar-refractivity contribution in [3.05, 3.63) is 47.0 Å². The molecule has 0 unspecified atom stereocenters. The van der Waals surface area contributed by atoms with Gasteiger partial charge >= 0.3 is 5.97 Å². The summed E-state index contributed by atoms with van der Waals surface area (Å²) in [5.74, 6) is -1.77. The summed E-state index contributed by atoms with van der Waals surface area (Å²) in [4.78, 5) is 22.7. The predicted octanol–water partition coefficient (Wildman–Crippen LogP) is 2.32. The molecular formula is C16H21NO3. The third-order valence-corrected chi connectivity index (χ3v) is 2.89. The lowest BCUT2D eigenvalue weighted by atomic mass is 9.98. The topological polar surface area (TPSA) is 66.4 Å². The van der Waals surface area contributed by atoms with Crippen LogP contribution in [0.3, 0.4) is 0 Å². The van der Waals surface area contributed by atoms with E-state index < -0.39 is 11.9 Å². The summed E-state index contributed by atoms with van der Waals surface area (Å²) in [7, 11) is 0. The van der Waals surface area contributed by atoms with Crippen LogP contribution in [0.4, 0.5) is 0 Å². The monoisotopic (exact) mass is 275 g/mol. The smallest absolute Gasteiger partial charge is 0.308 e. The number of hydrogen-bond donors (Lipinski definition) is 2. The Morgan fingerprint density at radius 1 is 1.25 bits per heavy atom. The van der Waals surface area contributed by atoms with E-state index in [9.17, 15) is 14.7 Å². The first-order chi connectivity index (χ1) is 9.38. The number of carbonyl (C=O) groups is 2. The van der Waals surface area contributed by atoms with Crippen LogP contribution in [0.5, 0.6) is 0 Å². The quantitative estimate of drug-likeness (QED) is 0.783. The van der Waals surface area contributed by atoms with Crippen LogP contribution in [0.1, 0.15) is 25.0 Å². The van der Waals surface area contributed by atoms with Gasteiger partial charge < -0.3 is 10.4 Å². The minimum Gasteiger partial charge on any atom is -0.481 e. The Balaban J connectivity index is 2.61. The second-order valence-electron chi connectivity index (χ2n) is 5.19. The molecule has 0 bridgehead atoms. The molecule has 0 heterocycles. The second-order valence-corrected chi connectivity index (χ2v) is 5.19. The molecule has 0 saturated carbocycles. The van der Waals surface area contributed by atoms with Gasteiger partial charge in [0.25, 0.3) is 0 Å². The largest absolute Gasteiger partial charge is 0.481 e. The Morgan fingerprint density at radius 3 is 2.35 bits per heavy atom. The highest BCUT2D eigenvalue weighted by molar-refractivity contribution is 5.88. The number of allylic oxidation sites excluding steroid dienone is 1. The highest BCUT2D eigenvalue weighted by Crippen LogP contribution is 2.10. The number of carboxylic acid groups (broad SMARTS) is 1. The maximum absolute atomic E-state index is 11.5. The first-order valence-corrected chi connectivity index (χ1v) is 6.59. The van der Waals surface area contributed by atoms with E-state index in [1.807, 2.05) is 45.0 Å². The van der Waals surface area contributed by atoms with Crippen molar-refractivity contribution in [1.29, 1.82) is 0 Å². The van der Waals surface area contributed by atoms with Crippen LogP contribution in [-0.2, 0) is 16.0 Å². The van der Waals surface area contributed by atoms with Crippen molar-refractivity contribution in [3.8, 4) is 0 Å². The Labute approximate surface area is 119 Å². The number of nitrogens with one attached hydrogen (secondary N) is 1. The lowest BCUT2D eigenvalue weighted by Gasteiger charge is -2.13. The number of benzene rings is 1. The summed E-state index contributed by atoms with van der Waals surface area (Å²) < 4.78 is 0. The molecule has 108 valence electrons. The molecule has 0 aliphatic carbocycles. The van der Waals surface area contributed by atoms with Crippen molar-refractivity contribution in [2.75, 3.05) is 6.54 Å². The Hall–Kier alpha value is -2.10. The van der Waals surface area contributed by atoms with E-state index in [2.05, 4.69) is 5.32 Å². The SMILES string of the molecule is CC(C)=CC(=O)NC[C@@H](Cc1ccc(C)cc1)C(=O)O. The fraction of sp³-hybridized carbons (Fsp3) is 0.375. The van der Waals surface area contributed by atoms with E-state index in [0.717, 1.165) is 16.7 Å². The molecule has 1 atom stereocenters. The third-order valence-electron chi connectivity index (χ3n) is 2.89. The maximum atomic E-state index is 11.5. The maximum Gasteiger partial charge on any atom is 0.308 e. The number of carboxylic acids is 1. The van der Waals surface area contributed by atoms with Crippen LogP contribution in [0, 0.1) is 12.8 Å². The first kappa shape index (κ1) is 16.0. The lowest BCUT2D eigenvalue weighted by molar-refractivity contribution is -0.141. The Bertz CT molecular complexity index is 499. The Kier molecular flexibility index (Phi) is 5.97. The van der Waals surface area contributed by atoms with Gasteiger partial charge in [0.1, 0.15) is 0 Å². The van der Waals surface area contributed by atoms with Gasteiger partial charge in [0, 0.05) is 12.6 Å². The lowest BCUT2D eigenvalue weighted by Crippen LogP contribution is -2.33. The number of aliphatic carboxylic acids is 1. The fourth-order valence-electron chi connectivity index (χ4n) is 1.79. The zero-order valence-electron chi connectivity index (χ0n) is 12.1. The molecule has 20 heavy (non-hydrogen) atoms. The fourth-order valence-corrected chi connectivity index (χ4v) is 1.79. The highest BCUT2D eigenvalue weighted by Gasteiger charge is 2.18. The van der Waals surface area contributed by atoms with Crippen molar-refractivity contribution in [3.63, 3.8) is 0 Å². The van der Waals surface area contributed by atoms with Gasteiger partial charge in [-0.2, -0.15) is 0 Å². The third kappa shape index (κ3) is 5.69. The number of rotatable bonds is 6.